The maximum Gasteiger partial charge on any atom is 0.263 e. The van der Waals surface area contributed by atoms with Crippen LogP contribution in [-0.2, 0) is 14.6 Å². The molecular weight excluding hydrogens is 474 g/mol. The molecule has 1 atom stereocenters. The maximum absolute atomic E-state index is 14.4. The molecule has 2 aromatic rings. The van der Waals surface area contributed by atoms with Gasteiger partial charge in [0.15, 0.2) is 27.5 Å². The molecule has 2 aliphatic rings. The van der Waals surface area contributed by atoms with Gasteiger partial charge in [0, 0.05) is 61.9 Å². The highest BCUT2D eigenvalue weighted by molar-refractivity contribution is 7.90. The second kappa shape index (κ2) is 9.13. The van der Waals surface area contributed by atoms with Crippen molar-refractivity contribution in [3.63, 3.8) is 0 Å². The minimum atomic E-state index is -3.92. The number of rotatable bonds is 6. The fourth-order valence-electron chi connectivity index (χ4n) is 4.14. The minimum absolute atomic E-state index is 0.0361. The van der Waals surface area contributed by atoms with E-state index >= 15 is 0 Å². The Morgan fingerprint density at radius 2 is 1.82 bits per heavy atom. The summed E-state index contributed by atoms with van der Waals surface area (Å²) in [6, 6.07) is 1.31. The average molecular weight is 501 g/mol. The zero-order chi connectivity index (χ0) is 23.9. The highest BCUT2D eigenvalue weighted by Crippen LogP contribution is 2.31. The van der Waals surface area contributed by atoms with E-state index < -0.39 is 38.2 Å². The number of ether oxygens (including phenoxy) is 1. The minimum Gasteiger partial charge on any atom is -0.477 e. The molecule has 0 bridgehead atoms. The molecule has 0 unspecified atom stereocenters. The second-order valence-electron chi connectivity index (χ2n) is 8.72. The van der Waals surface area contributed by atoms with Crippen molar-refractivity contribution in [1.29, 1.82) is 0 Å². The van der Waals surface area contributed by atoms with Crippen molar-refractivity contribution in [3.8, 4) is 5.75 Å². The van der Waals surface area contributed by atoms with Crippen molar-refractivity contribution in [3.05, 3.63) is 29.6 Å². The highest BCUT2D eigenvalue weighted by atomic mass is 32.2. The van der Waals surface area contributed by atoms with Crippen LogP contribution >= 0.6 is 11.5 Å². The number of amides is 1. The molecule has 180 valence electrons. The third-order valence-corrected chi connectivity index (χ3v) is 7.87. The van der Waals surface area contributed by atoms with Crippen LogP contribution in [0.1, 0.15) is 44.9 Å². The van der Waals surface area contributed by atoms with Crippen molar-refractivity contribution in [2.45, 2.75) is 56.1 Å². The zero-order valence-electron chi connectivity index (χ0n) is 18.6. The van der Waals surface area contributed by atoms with Gasteiger partial charge in [-0.15, -0.1) is 0 Å². The van der Waals surface area contributed by atoms with Crippen molar-refractivity contribution in [2.75, 3.05) is 30.8 Å². The number of nitrogens with zero attached hydrogens (tertiary/aromatic N) is 4. The average Bonchev–Trinajstić information content (AvgIpc) is 3.38. The Labute approximate surface area is 195 Å². The summed E-state index contributed by atoms with van der Waals surface area (Å²) in [5, 5.41) is 0.890. The number of halogens is 2. The fraction of sp³-hybridized carbons (Fsp3) is 0.571. The van der Waals surface area contributed by atoms with Crippen LogP contribution in [0.5, 0.6) is 5.75 Å². The molecule has 0 aliphatic carbocycles. The van der Waals surface area contributed by atoms with E-state index in [0.29, 0.717) is 25.1 Å². The van der Waals surface area contributed by atoms with E-state index in [2.05, 4.69) is 28.1 Å². The maximum atomic E-state index is 14.4. The summed E-state index contributed by atoms with van der Waals surface area (Å²) < 4.78 is 61.5. The fourth-order valence-corrected chi connectivity index (χ4v) is 5.73. The summed E-state index contributed by atoms with van der Waals surface area (Å²) in [6.45, 7) is 6.07. The third kappa shape index (κ3) is 4.96. The predicted octanol–water partition coefficient (Wildman–Crippen LogP) is 2.99. The number of likely N-dealkylation sites (tertiary alicyclic amines) is 1. The van der Waals surface area contributed by atoms with Crippen molar-refractivity contribution < 1.29 is 26.7 Å². The Bertz CT molecular complexity index is 1150. The normalized spacial score (nSPS) is 20.2. The van der Waals surface area contributed by atoms with E-state index in [1.165, 1.54) is 11.5 Å². The molecule has 0 N–H and O–H groups in total. The van der Waals surface area contributed by atoms with Gasteiger partial charge in [-0.05, 0) is 18.9 Å². The molecule has 2 saturated heterocycles. The number of hydrogen-bond acceptors (Lipinski definition) is 8. The van der Waals surface area contributed by atoms with Crippen LogP contribution in [-0.4, -0.2) is 66.6 Å². The number of carbonyl (C=O) groups excluding carboxylic acids is 1. The number of anilines is 1. The van der Waals surface area contributed by atoms with Crippen LogP contribution in [0.25, 0.3) is 0 Å². The SMILES string of the molecule is CC(C)c1nsc(N2CCC(N3CC[C@H](Oc4cc(F)c(S(C)(=O)=O)cc4F)C3=O)CC2)n1. The van der Waals surface area contributed by atoms with E-state index in [0.717, 1.165) is 43.1 Å². The largest absolute Gasteiger partial charge is 0.477 e. The summed E-state index contributed by atoms with van der Waals surface area (Å²) in [6.07, 6.45) is 1.74. The summed E-state index contributed by atoms with van der Waals surface area (Å²) in [5.41, 5.74) is 0. The Hall–Kier alpha value is -2.34. The van der Waals surface area contributed by atoms with Gasteiger partial charge >= 0.3 is 0 Å². The lowest BCUT2D eigenvalue weighted by molar-refractivity contribution is -0.135. The molecule has 2 fully saturated rings. The van der Waals surface area contributed by atoms with E-state index in [-0.39, 0.29) is 17.9 Å². The first-order chi connectivity index (χ1) is 15.5. The lowest BCUT2D eigenvalue weighted by atomic mass is 10.0. The molecule has 2 aliphatic heterocycles. The molecule has 1 aromatic heterocycles. The molecule has 4 rings (SSSR count). The van der Waals surface area contributed by atoms with Gasteiger partial charge in [-0.3, -0.25) is 4.79 Å². The van der Waals surface area contributed by atoms with E-state index in [4.69, 9.17) is 4.74 Å². The molecule has 1 aromatic carbocycles. The summed E-state index contributed by atoms with van der Waals surface area (Å²) in [4.78, 5) is 20.7. The number of piperidine rings is 1. The summed E-state index contributed by atoms with van der Waals surface area (Å²) in [5.74, 6) is -1.76. The lowest BCUT2D eigenvalue weighted by Gasteiger charge is -2.36. The molecule has 3 heterocycles. The quantitative estimate of drug-likeness (QED) is 0.602. The van der Waals surface area contributed by atoms with Crippen molar-refractivity contribution in [1.82, 2.24) is 14.3 Å². The third-order valence-electron chi connectivity index (χ3n) is 5.97. The Morgan fingerprint density at radius 1 is 1.12 bits per heavy atom. The first-order valence-electron chi connectivity index (χ1n) is 10.8. The Balaban J connectivity index is 1.37. The van der Waals surface area contributed by atoms with Gasteiger partial charge in [-0.2, -0.15) is 4.37 Å². The second-order valence-corrected chi connectivity index (χ2v) is 11.4. The number of hydrogen-bond donors (Lipinski definition) is 0. The highest BCUT2D eigenvalue weighted by Gasteiger charge is 2.39. The smallest absolute Gasteiger partial charge is 0.263 e. The predicted molar refractivity (Wildman–Crippen MR) is 119 cm³/mol. The first kappa shape index (κ1) is 23.8. The van der Waals surface area contributed by atoms with Crippen LogP contribution in [0.15, 0.2) is 17.0 Å². The van der Waals surface area contributed by atoms with Crippen LogP contribution < -0.4 is 9.64 Å². The first-order valence-corrected chi connectivity index (χ1v) is 13.5. The van der Waals surface area contributed by atoms with Gasteiger partial charge in [0.05, 0.1) is 0 Å². The summed E-state index contributed by atoms with van der Waals surface area (Å²) >= 11 is 1.39. The lowest BCUT2D eigenvalue weighted by Crippen LogP contribution is -2.47. The van der Waals surface area contributed by atoms with E-state index in [1.807, 2.05) is 0 Å². The number of benzene rings is 1. The van der Waals surface area contributed by atoms with E-state index in [9.17, 15) is 22.0 Å². The Morgan fingerprint density at radius 3 is 2.42 bits per heavy atom. The van der Waals surface area contributed by atoms with Gasteiger partial charge < -0.3 is 14.5 Å². The zero-order valence-corrected chi connectivity index (χ0v) is 20.3. The van der Waals surface area contributed by atoms with Gasteiger partial charge in [0.2, 0.25) is 5.13 Å². The molecular formula is C21H26F2N4O4S2. The van der Waals surface area contributed by atoms with E-state index in [1.54, 1.807) is 4.90 Å². The van der Waals surface area contributed by atoms with Gasteiger partial charge in [-0.25, -0.2) is 22.2 Å². The van der Waals surface area contributed by atoms with Gasteiger partial charge in [0.1, 0.15) is 16.5 Å². The van der Waals surface area contributed by atoms with Crippen LogP contribution in [0.3, 0.4) is 0 Å². The topological polar surface area (TPSA) is 92.7 Å². The standard InChI is InChI=1S/C21H26F2N4O4S2/c1-12(2)19-24-21(32-25-19)26-7-4-13(5-8-26)27-9-6-16(20(27)28)31-17-10-15(23)18(11-14(17)22)33(3,29)30/h10-13,16H,4-9H2,1-3H3/t16-/m0/s1. The molecule has 0 spiro atoms. The molecule has 8 nitrogen and oxygen atoms in total. The monoisotopic (exact) mass is 500 g/mol. The number of carbonyl (C=O) groups is 1. The molecule has 12 heteroatoms. The van der Waals surface area contributed by atoms with Crippen molar-refractivity contribution >= 4 is 32.4 Å². The van der Waals surface area contributed by atoms with Crippen LogP contribution in [0, 0.1) is 11.6 Å². The number of aromatic nitrogens is 2. The van der Waals surface area contributed by atoms with Crippen LogP contribution in [0.4, 0.5) is 13.9 Å². The molecule has 0 radical (unpaired) electrons. The molecule has 0 saturated carbocycles. The molecule has 1 amide bonds. The van der Waals surface area contributed by atoms with Gasteiger partial charge in [-0.1, -0.05) is 13.8 Å². The number of sulfone groups is 1. The van der Waals surface area contributed by atoms with Crippen molar-refractivity contribution in [2.24, 2.45) is 0 Å². The molecule has 33 heavy (non-hydrogen) atoms. The summed E-state index contributed by atoms with van der Waals surface area (Å²) in [7, 11) is -3.92. The Kier molecular flexibility index (Phi) is 6.59. The van der Waals surface area contributed by atoms with Gasteiger partial charge in [0.25, 0.3) is 5.91 Å². The van der Waals surface area contributed by atoms with Crippen LogP contribution in [0.2, 0.25) is 0 Å².